The Balaban J connectivity index is -0.0000000525. The second-order valence-corrected chi connectivity index (χ2v) is 9.10. The van der Waals surface area contributed by atoms with Gasteiger partial charge in [0.2, 0.25) is 0 Å². The molecule has 120 valence electrons. The number of likely N-dealkylation sites (N-methyl/N-ethyl adjacent to an activating group) is 2. The summed E-state index contributed by atoms with van der Waals surface area (Å²) in [5, 5.41) is 16.8. The number of aliphatic hydroxyl groups excluding tert-OH is 2. The summed E-state index contributed by atoms with van der Waals surface area (Å²) in [6.45, 7) is 2.23. The van der Waals surface area contributed by atoms with E-state index in [1.807, 2.05) is 0 Å². The molecule has 19 heavy (non-hydrogen) atoms. The predicted octanol–water partition coefficient (Wildman–Crippen LogP) is 0.124. The molecule has 0 aliphatic heterocycles. The molecule has 0 bridgehead atoms. The molecule has 0 radical (unpaired) electrons. The van der Waals surface area contributed by atoms with Gasteiger partial charge in [-0.05, 0) is 0 Å². The van der Waals surface area contributed by atoms with Crippen molar-refractivity contribution in [3.8, 4) is 0 Å². The van der Waals surface area contributed by atoms with Crippen molar-refractivity contribution in [1.29, 1.82) is 0 Å². The summed E-state index contributed by atoms with van der Waals surface area (Å²) in [6.07, 6.45) is 0. The molecule has 2 N–H and O–H groups in total. The average molecular weight is 435 g/mol. The van der Waals surface area contributed by atoms with Crippen LogP contribution < -0.4 is 0 Å². The number of quaternary nitrogens is 2. The predicted molar refractivity (Wildman–Crippen MR) is 92.7 cm³/mol. The van der Waals surface area contributed by atoms with E-state index in [0.29, 0.717) is 0 Å². The summed E-state index contributed by atoms with van der Waals surface area (Å²) in [4.78, 5) is 0. The first kappa shape index (κ1) is 32.6. The Hall–Kier alpha value is 1.67. The number of nitrogens with zero attached hydrogens (tertiary/aromatic N) is 2. The van der Waals surface area contributed by atoms with Gasteiger partial charge in [-0.15, -0.1) is 0 Å². The molecule has 0 aliphatic carbocycles. The Labute approximate surface area is 148 Å². The van der Waals surface area contributed by atoms with Gasteiger partial charge in [0.1, 0.15) is 13.1 Å². The molecule has 0 heterocycles. The molecule has 0 saturated carbocycles. The monoisotopic (exact) mass is 436 g/mol. The van der Waals surface area contributed by atoms with E-state index in [0.717, 1.165) is 22.1 Å². The molecule has 0 saturated heterocycles. The van der Waals surface area contributed by atoms with Gasteiger partial charge in [-0.2, -0.15) is 0 Å². The Morgan fingerprint density at radius 1 is 0.737 bits per heavy atom. The van der Waals surface area contributed by atoms with Crippen molar-refractivity contribution < 1.29 is 34.1 Å². The van der Waals surface area contributed by atoms with Crippen LogP contribution in [-0.2, 0) is 41.9 Å². The van der Waals surface area contributed by atoms with Crippen molar-refractivity contribution in [2.45, 2.75) is 0 Å². The van der Waals surface area contributed by atoms with Gasteiger partial charge in [0.25, 0.3) is 0 Å². The van der Waals surface area contributed by atoms with E-state index in [1.165, 1.54) is 0 Å². The summed E-state index contributed by atoms with van der Waals surface area (Å²) < 4.78 is 1.69. The van der Waals surface area contributed by atoms with Gasteiger partial charge < -0.3 is 46.2 Å². The fourth-order valence-corrected chi connectivity index (χ4v) is 0.600. The van der Waals surface area contributed by atoms with Crippen molar-refractivity contribution in [1.82, 2.24) is 0 Å². The van der Waals surface area contributed by atoms with Crippen molar-refractivity contribution in [2.24, 2.45) is 0 Å². The van der Waals surface area contributed by atoms with Crippen molar-refractivity contribution in [3.05, 3.63) is 0 Å². The molecule has 0 aromatic carbocycles. The van der Waals surface area contributed by atoms with Crippen LogP contribution in [0.3, 0.4) is 0 Å². The van der Waals surface area contributed by atoms with Crippen molar-refractivity contribution in [3.63, 3.8) is 0 Å². The van der Waals surface area contributed by atoms with Gasteiger partial charge >= 0.3 is 34.6 Å². The van der Waals surface area contributed by atoms with Crippen molar-refractivity contribution in [2.75, 3.05) is 68.6 Å². The van der Waals surface area contributed by atoms with Gasteiger partial charge in [-0.1, -0.05) is 0 Å². The van der Waals surface area contributed by atoms with Crippen molar-refractivity contribution >= 4 is 46.6 Å². The summed E-state index contributed by atoms with van der Waals surface area (Å²) in [5.74, 6) is 0. The standard InChI is InChI=1S/2C5H14NO.Mo.2H2S.2S/c2*1-6(2,3)4-5-7;;;;;/h2*7H,4-5H2,1-3H3;;2*1H2;;/q2*+1;+2;;;;/p-2. The van der Waals surface area contributed by atoms with Crippen LogP contribution in [0.1, 0.15) is 0 Å². The van der Waals surface area contributed by atoms with E-state index in [2.05, 4.69) is 61.9 Å². The number of hydrogen-bond donors (Lipinski definition) is 2. The fourth-order valence-electron chi connectivity index (χ4n) is 0.600. The molecule has 0 aliphatic rings. The number of hydrogen-bond acceptors (Lipinski definition) is 6. The second-order valence-electron chi connectivity index (χ2n) is 5.54. The van der Waals surface area contributed by atoms with E-state index in [1.54, 1.807) is 0 Å². The first-order chi connectivity index (χ1) is 7.54. The molecule has 0 aromatic rings. The minimum atomic E-state index is -0.363. The maximum atomic E-state index is 8.39. The van der Waals surface area contributed by atoms with E-state index in [-0.39, 0.29) is 55.1 Å². The molecular weight excluding hydrogens is 404 g/mol. The van der Waals surface area contributed by atoms with E-state index in [9.17, 15) is 0 Å². The fraction of sp³-hybridized carbons (Fsp3) is 1.00. The van der Waals surface area contributed by atoms with Gasteiger partial charge in [-0.25, -0.2) is 0 Å². The maximum absolute atomic E-state index is 8.39. The topological polar surface area (TPSA) is 40.5 Å². The Morgan fingerprint density at radius 3 is 0.895 bits per heavy atom. The molecule has 0 fully saturated rings. The van der Waals surface area contributed by atoms with Crippen LogP contribution in [-0.4, -0.2) is 87.8 Å². The number of thiol groups is 2. The van der Waals surface area contributed by atoms with Gasteiger partial charge in [-0.3, -0.25) is 0 Å². The third kappa shape index (κ3) is 65.7. The number of rotatable bonds is 4. The van der Waals surface area contributed by atoms with E-state index in [4.69, 9.17) is 10.2 Å². The molecular formula is C10H30MoN2O2S4+2. The zero-order valence-corrected chi connectivity index (χ0v) is 18.2. The van der Waals surface area contributed by atoms with E-state index >= 15 is 0 Å². The van der Waals surface area contributed by atoms with Gasteiger partial charge in [0, 0.05) is 0 Å². The molecule has 0 spiro atoms. The second kappa shape index (κ2) is 19.7. The minimum absolute atomic E-state index is 0. The molecule has 0 rings (SSSR count). The molecule has 0 aromatic heterocycles. The Bertz CT molecular complexity index is 187. The Morgan fingerprint density at radius 2 is 0.895 bits per heavy atom. The van der Waals surface area contributed by atoms with Crippen LogP contribution >= 0.6 is 19.6 Å². The third-order valence-corrected chi connectivity index (χ3v) is 1.54. The quantitative estimate of drug-likeness (QED) is 0.284. The molecule has 9 heteroatoms. The Kier molecular flexibility index (Phi) is 33.7. The van der Waals surface area contributed by atoms with Gasteiger partial charge in [0.15, 0.2) is 0 Å². The van der Waals surface area contributed by atoms with Crippen LogP contribution in [0, 0.1) is 0 Å². The molecule has 0 unspecified atom stereocenters. The van der Waals surface area contributed by atoms with Crippen LogP contribution in [0.15, 0.2) is 0 Å². The third-order valence-electron chi connectivity index (χ3n) is 1.54. The first-order valence-electron chi connectivity index (χ1n) is 5.28. The van der Waals surface area contributed by atoms with Crippen LogP contribution in [0.4, 0.5) is 0 Å². The molecule has 0 amide bonds. The summed E-state index contributed by atoms with van der Waals surface area (Å²) in [5.41, 5.74) is 0. The first-order valence-corrected chi connectivity index (χ1v) is 10.9. The van der Waals surface area contributed by atoms with Crippen LogP contribution in [0.5, 0.6) is 0 Å². The SMILES string of the molecule is C[N+](C)(C)CCO.C[N+](C)(C)CCO.[SH-].[SH-].[S]=[Mo+2]=[S]. The molecule has 4 nitrogen and oxygen atoms in total. The van der Waals surface area contributed by atoms with E-state index < -0.39 is 0 Å². The molecule has 0 atom stereocenters. The zero-order chi connectivity index (χ0) is 14.5. The summed E-state index contributed by atoms with van der Waals surface area (Å²) in [7, 11) is 21.0. The van der Waals surface area contributed by atoms with Gasteiger partial charge in [0.05, 0.1) is 55.5 Å². The zero-order valence-electron chi connectivity index (χ0n) is 12.7. The summed E-state index contributed by atoms with van der Waals surface area (Å²) in [6, 6.07) is 0. The average Bonchev–Trinajstić information content (AvgIpc) is 2.01. The summed E-state index contributed by atoms with van der Waals surface area (Å²) >= 11 is -0.363. The normalized spacial score (nSPS) is 9.26. The number of aliphatic hydroxyl groups is 2. The van der Waals surface area contributed by atoms with Crippen LogP contribution in [0.2, 0.25) is 0 Å². The van der Waals surface area contributed by atoms with Crippen LogP contribution in [0.25, 0.3) is 0 Å².